The number of halogens is 1. The van der Waals surface area contributed by atoms with Crippen molar-refractivity contribution in [3.05, 3.63) is 64.2 Å². The van der Waals surface area contributed by atoms with Gasteiger partial charge in [-0.3, -0.25) is 0 Å². The summed E-state index contributed by atoms with van der Waals surface area (Å²) >= 11 is 7.58. The highest BCUT2D eigenvalue weighted by Gasteiger charge is 2.37. The van der Waals surface area contributed by atoms with E-state index in [2.05, 4.69) is 0 Å². The van der Waals surface area contributed by atoms with E-state index in [1.807, 2.05) is 38.1 Å². The van der Waals surface area contributed by atoms with E-state index in [0.717, 1.165) is 22.4 Å². The van der Waals surface area contributed by atoms with Crippen molar-refractivity contribution < 1.29 is 8.42 Å². The molecule has 2 aromatic carbocycles. The Balaban J connectivity index is 1.99. The first-order valence-corrected chi connectivity index (χ1v) is 10.2. The van der Waals surface area contributed by atoms with E-state index in [0.29, 0.717) is 16.5 Å². The Hall–Kier alpha value is -1.01. The number of benzene rings is 2. The van der Waals surface area contributed by atoms with Crippen molar-refractivity contribution in [2.24, 2.45) is 0 Å². The summed E-state index contributed by atoms with van der Waals surface area (Å²) in [4.78, 5) is 0.393. The average molecular weight is 368 g/mol. The van der Waals surface area contributed by atoms with Crippen molar-refractivity contribution in [2.45, 2.75) is 24.1 Å². The van der Waals surface area contributed by atoms with Gasteiger partial charge in [0.1, 0.15) is 0 Å². The fourth-order valence-electron chi connectivity index (χ4n) is 2.81. The van der Waals surface area contributed by atoms with Crippen molar-refractivity contribution in [1.82, 2.24) is 4.31 Å². The zero-order valence-corrected chi connectivity index (χ0v) is 15.4. The molecule has 0 saturated carbocycles. The van der Waals surface area contributed by atoms with Gasteiger partial charge in [-0.2, -0.15) is 4.31 Å². The Bertz CT molecular complexity index is 819. The van der Waals surface area contributed by atoms with Crippen LogP contribution in [-0.4, -0.2) is 25.0 Å². The van der Waals surface area contributed by atoms with E-state index in [1.165, 1.54) is 0 Å². The monoisotopic (exact) mass is 367 g/mol. The number of thioether (sulfide) groups is 1. The van der Waals surface area contributed by atoms with Crippen molar-refractivity contribution in [3.8, 4) is 0 Å². The molecule has 1 heterocycles. The zero-order valence-electron chi connectivity index (χ0n) is 13.0. The Labute approximate surface area is 146 Å². The van der Waals surface area contributed by atoms with Crippen LogP contribution >= 0.6 is 23.4 Å². The summed E-state index contributed by atoms with van der Waals surface area (Å²) < 4.78 is 27.8. The third kappa shape index (κ3) is 3.29. The normalized spacial score (nSPS) is 19.2. The van der Waals surface area contributed by atoms with Gasteiger partial charge in [0.25, 0.3) is 0 Å². The molecule has 1 unspecified atom stereocenters. The fraction of sp³-hybridized carbons (Fsp3) is 0.294. The minimum atomic E-state index is -3.51. The zero-order chi connectivity index (χ0) is 16.6. The number of aryl methyl sites for hydroxylation is 2. The van der Waals surface area contributed by atoms with Crippen LogP contribution in [0.1, 0.15) is 22.1 Å². The summed E-state index contributed by atoms with van der Waals surface area (Å²) in [5, 5.41) is 0.457. The van der Waals surface area contributed by atoms with Crippen LogP contribution in [0.3, 0.4) is 0 Å². The summed E-state index contributed by atoms with van der Waals surface area (Å²) in [6, 6.07) is 12.9. The Morgan fingerprint density at radius 2 is 1.83 bits per heavy atom. The van der Waals surface area contributed by atoms with Crippen LogP contribution in [0.4, 0.5) is 0 Å². The number of hydrogen-bond donors (Lipinski definition) is 0. The smallest absolute Gasteiger partial charge is 0.207 e. The molecule has 3 nitrogen and oxygen atoms in total. The lowest BCUT2D eigenvalue weighted by Gasteiger charge is -2.24. The van der Waals surface area contributed by atoms with E-state index in [1.54, 1.807) is 34.3 Å². The first kappa shape index (κ1) is 16.8. The minimum Gasteiger partial charge on any atom is -0.207 e. The predicted octanol–water partition coefficient (Wildman–Crippen LogP) is 4.39. The van der Waals surface area contributed by atoms with Gasteiger partial charge in [-0.15, -0.1) is 11.8 Å². The Morgan fingerprint density at radius 3 is 2.48 bits per heavy atom. The Morgan fingerprint density at radius 1 is 1.13 bits per heavy atom. The van der Waals surface area contributed by atoms with Gasteiger partial charge in [0, 0.05) is 17.3 Å². The third-order valence-corrected chi connectivity index (χ3v) is 7.59. The minimum absolute atomic E-state index is 0.196. The van der Waals surface area contributed by atoms with Crippen LogP contribution in [0.2, 0.25) is 5.02 Å². The molecule has 1 fully saturated rings. The molecular formula is C17H18ClNO2S2. The Kier molecular flexibility index (Phi) is 4.74. The van der Waals surface area contributed by atoms with Gasteiger partial charge in [0.15, 0.2) is 0 Å². The molecule has 0 N–H and O–H groups in total. The average Bonchev–Trinajstić information content (AvgIpc) is 2.98. The second kappa shape index (κ2) is 6.48. The van der Waals surface area contributed by atoms with Crippen LogP contribution in [0.5, 0.6) is 0 Å². The van der Waals surface area contributed by atoms with E-state index in [-0.39, 0.29) is 5.37 Å². The van der Waals surface area contributed by atoms with E-state index in [9.17, 15) is 8.42 Å². The standard InChI is InChI=1S/C17H18ClNO2S2/c1-12-3-8-16(13(2)11-12)23(20,21)19-9-10-22-17(19)14-4-6-15(18)7-5-14/h3-8,11,17H,9-10H2,1-2H3. The first-order chi connectivity index (χ1) is 10.9. The van der Waals surface area contributed by atoms with Crippen LogP contribution < -0.4 is 0 Å². The molecule has 1 atom stereocenters. The van der Waals surface area contributed by atoms with Crippen molar-refractivity contribution >= 4 is 33.4 Å². The van der Waals surface area contributed by atoms with Gasteiger partial charge < -0.3 is 0 Å². The number of rotatable bonds is 3. The molecule has 0 spiro atoms. The summed E-state index contributed by atoms with van der Waals surface area (Å²) in [7, 11) is -3.51. The highest BCUT2D eigenvalue weighted by Crippen LogP contribution is 2.42. The van der Waals surface area contributed by atoms with Crippen molar-refractivity contribution in [2.75, 3.05) is 12.3 Å². The molecule has 23 heavy (non-hydrogen) atoms. The van der Waals surface area contributed by atoms with E-state index < -0.39 is 10.0 Å². The van der Waals surface area contributed by atoms with Crippen LogP contribution in [-0.2, 0) is 10.0 Å². The molecule has 0 amide bonds. The lowest BCUT2D eigenvalue weighted by Crippen LogP contribution is -2.31. The summed E-state index contributed by atoms with van der Waals surface area (Å²) in [6.45, 7) is 4.33. The molecule has 6 heteroatoms. The maximum atomic E-state index is 13.1. The van der Waals surface area contributed by atoms with Crippen LogP contribution in [0.15, 0.2) is 47.4 Å². The van der Waals surface area contributed by atoms with Gasteiger partial charge in [0.2, 0.25) is 10.0 Å². The molecule has 1 saturated heterocycles. The van der Waals surface area contributed by atoms with E-state index in [4.69, 9.17) is 11.6 Å². The molecule has 0 aliphatic carbocycles. The van der Waals surface area contributed by atoms with Crippen LogP contribution in [0, 0.1) is 13.8 Å². The highest BCUT2D eigenvalue weighted by atomic mass is 35.5. The number of sulfonamides is 1. The number of hydrogen-bond acceptors (Lipinski definition) is 3. The SMILES string of the molecule is Cc1ccc(S(=O)(=O)N2CCSC2c2ccc(Cl)cc2)c(C)c1. The first-order valence-electron chi connectivity index (χ1n) is 7.36. The molecule has 1 aliphatic heterocycles. The highest BCUT2D eigenvalue weighted by molar-refractivity contribution is 8.01. The van der Waals surface area contributed by atoms with Gasteiger partial charge in [0.05, 0.1) is 10.3 Å². The summed E-state index contributed by atoms with van der Waals surface area (Å²) in [5.74, 6) is 0.789. The largest absolute Gasteiger partial charge is 0.244 e. The predicted molar refractivity (Wildman–Crippen MR) is 96.5 cm³/mol. The second-order valence-corrected chi connectivity index (χ2v) is 9.14. The molecule has 2 aromatic rings. The fourth-order valence-corrected chi connectivity index (χ4v) is 6.38. The van der Waals surface area contributed by atoms with Crippen molar-refractivity contribution in [3.63, 3.8) is 0 Å². The molecule has 3 rings (SSSR count). The second-order valence-electron chi connectivity index (χ2n) is 5.66. The lowest BCUT2D eigenvalue weighted by molar-refractivity contribution is 0.434. The third-order valence-electron chi connectivity index (χ3n) is 3.92. The molecule has 1 aliphatic rings. The van der Waals surface area contributed by atoms with Gasteiger partial charge >= 0.3 is 0 Å². The van der Waals surface area contributed by atoms with Gasteiger partial charge in [-0.25, -0.2) is 8.42 Å². The molecule has 122 valence electrons. The van der Waals surface area contributed by atoms with Crippen LogP contribution in [0.25, 0.3) is 0 Å². The van der Waals surface area contributed by atoms with Gasteiger partial charge in [-0.05, 0) is 43.2 Å². The molecular weight excluding hydrogens is 350 g/mol. The molecule has 0 bridgehead atoms. The molecule has 0 aromatic heterocycles. The van der Waals surface area contributed by atoms with E-state index >= 15 is 0 Å². The quantitative estimate of drug-likeness (QED) is 0.807. The topological polar surface area (TPSA) is 37.4 Å². The number of nitrogens with zero attached hydrogens (tertiary/aromatic N) is 1. The maximum absolute atomic E-state index is 13.1. The summed E-state index contributed by atoms with van der Waals surface area (Å²) in [6.07, 6.45) is 0. The lowest BCUT2D eigenvalue weighted by atomic mass is 10.2. The molecule has 0 radical (unpaired) electrons. The maximum Gasteiger partial charge on any atom is 0.244 e. The summed E-state index contributed by atoms with van der Waals surface area (Å²) in [5.41, 5.74) is 2.81. The van der Waals surface area contributed by atoms with Crippen molar-refractivity contribution in [1.29, 1.82) is 0 Å². The van der Waals surface area contributed by atoms with Gasteiger partial charge in [-0.1, -0.05) is 41.4 Å².